The van der Waals surface area contributed by atoms with Gasteiger partial charge in [-0.3, -0.25) is 0 Å². The van der Waals surface area contributed by atoms with E-state index in [1.165, 1.54) is 14.2 Å². The van der Waals surface area contributed by atoms with Gasteiger partial charge in [-0.2, -0.15) is 9.97 Å². The van der Waals surface area contributed by atoms with Crippen molar-refractivity contribution in [3.05, 3.63) is 35.9 Å². The van der Waals surface area contributed by atoms with E-state index in [4.69, 9.17) is 14.2 Å². The van der Waals surface area contributed by atoms with Crippen LogP contribution in [-0.2, 0) is 0 Å². The van der Waals surface area contributed by atoms with Crippen molar-refractivity contribution in [3.8, 4) is 23.5 Å². The lowest BCUT2D eigenvalue weighted by atomic mass is 10.2. The van der Waals surface area contributed by atoms with E-state index >= 15 is 0 Å². The first-order valence-corrected chi connectivity index (χ1v) is 6.43. The Hall–Kier alpha value is -2.30. The van der Waals surface area contributed by atoms with Crippen LogP contribution in [-0.4, -0.2) is 24.2 Å². The van der Waals surface area contributed by atoms with E-state index in [1.54, 1.807) is 6.07 Å². The molecule has 1 aromatic heterocycles. The summed E-state index contributed by atoms with van der Waals surface area (Å²) < 4.78 is 15.6. The number of hydrogen-bond acceptors (Lipinski definition) is 5. The first-order chi connectivity index (χ1) is 9.71. The van der Waals surface area contributed by atoms with Crippen molar-refractivity contribution >= 4 is 0 Å². The van der Waals surface area contributed by atoms with Crippen molar-refractivity contribution in [1.82, 2.24) is 9.97 Å². The van der Waals surface area contributed by atoms with Crippen molar-refractivity contribution in [2.24, 2.45) is 0 Å². The summed E-state index contributed by atoms with van der Waals surface area (Å²) in [4.78, 5) is 8.16. The van der Waals surface area contributed by atoms with Crippen molar-refractivity contribution in [2.75, 3.05) is 14.2 Å². The number of aromatic nitrogens is 2. The lowest BCUT2D eigenvalue weighted by Gasteiger charge is -2.07. The molecule has 0 amide bonds. The Morgan fingerprint density at radius 2 is 1.35 bits per heavy atom. The second-order valence-corrected chi connectivity index (χ2v) is 3.65. The zero-order valence-corrected chi connectivity index (χ0v) is 12.5. The number of ether oxygens (including phenoxy) is 3. The Labute approximate surface area is 119 Å². The maximum atomic E-state index is 5.54. The molecule has 2 aromatic rings. The molecule has 0 radical (unpaired) electrons. The maximum Gasteiger partial charge on any atom is 0.328 e. The first-order valence-electron chi connectivity index (χ1n) is 6.43. The van der Waals surface area contributed by atoms with Gasteiger partial charge in [-0.05, 0) is 19.1 Å². The summed E-state index contributed by atoms with van der Waals surface area (Å²) in [5.74, 6) is 1.45. The summed E-state index contributed by atoms with van der Waals surface area (Å²) in [6.45, 7) is 6.01. The lowest BCUT2D eigenvalue weighted by Crippen LogP contribution is -1.97. The molecule has 5 nitrogen and oxygen atoms in total. The Bertz CT molecular complexity index is 505. The molecule has 0 N–H and O–H groups in total. The number of benzene rings is 1. The van der Waals surface area contributed by atoms with E-state index in [2.05, 4.69) is 9.97 Å². The molecule has 0 saturated heterocycles. The smallest absolute Gasteiger partial charge is 0.328 e. The van der Waals surface area contributed by atoms with Gasteiger partial charge in [0.15, 0.2) is 0 Å². The highest BCUT2D eigenvalue weighted by Gasteiger charge is 2.07. The standard InChI is InChI=1S/C13H14N2O3.C2H6/c1-9-4-6-10(7-5-9)18-13-14-11(16-2)8-12(15-13)17-3;1-2/h4-8H,1-3H3;1-2H3. The molecule has 0 aliphatic carbocycles. The van der Waals surface area contributed by atoms with Crippen molar-refractivity contribution in [1.29, 1.82) is 0 Å². The number of methoxy groups -OCH3 is 2. The van der Waals surface area contributed by atoms with Crippen LogP contribution < -0.4 is 14.2 Å². The van der Waals surface area contributed by atoms with Gasteiger partial charge in [0.1, 0.15) is 5.75 Å². The molecular weight excluding hydrogens is 256 g/mol. The van der Waals surface area contributed by atoms with Gasteiger partial charge in [0.2, 0.25) is 11.8 Å². The molecule has 0 aliphatic heterocycles. The van der Waals surface area contributed by atoms with E-state index < -0.39 is 0 Å². The van der Waals surface area contributed by atoms with Crippen LogP contribution in [0.1, 0.15) is 19.4 Å². The van der Waals surface area contributed by atoms with Gasteiger partial charge >= 0.3 is 6.01 Å². The fourth-order valence-electron chi connectivity index (χ4n) is 1.35. The highest BCUT2D eigenvalue weighted by Crippen LogP contribution is 2.23. The van der Waals surface area contributed by atoms with Crippen molar-refractivity contribution in [2.45, 2.75) is 20.8 Å². The van der Waals surface area contributed by atoms with Crippen molar-refractivity contribution in [3.63, 3.8) is 0 Å². The Kier molecular flexibility index (Phi) is 6.29. The average molecular weight is 276 g/mol. The molecule has 20 heavy (non-hydrogen) atoms. The maximum absolute atomic E-state index is 5.54. The summed E-state index contributed by atoms with van der Waals surface area (Å²) in [5, 5.41) is 0. The number of rotatable bonds is 4. The third-order valence-electron chi connectivity index (χ3n) is 2.31. The minimum Gasteiger partial charge on any atom is -0.481 e. The topological polar surface area (TPSA) is 53.5 Å². The molecule has 0 atom stereocenters. The van der Waals surface area contributed by atoms with Crippen LogP contribution in [0.4, 0.5) is 0 Å². The minimum absolute atomic E-state index is 0.190. The van der Waals surface area contributed by atoms with Gasteiger partial charge in [-0.25, -0.2) is 0 Å². The molecule has 0 bridgehead atoms. The fraction of sp³-hybridized carbons (Fsp3) is 0.333. The molecule has 0 fully saturated rings. The third-order valence-corrected chi connectivity index (χ3v) is 2.31. The number of hydrogen-bond donors (Lipinski definition) is 0. The summed E-state index contributed by atoms with van der Waals surface area (Å²) in [6, 6.07) is 9.38. The lowest BCUT2D eigenvalue weighted by molar-refractivity contribution is 0.348. The van der Waals surface area contributed by atoms with Crippen LogP contribution in [0.5, 0.6) is 23.5 Å². The van der Waals surface area contributed by atoms with Gasteiger partial charge in [0.05, 0.1) is 20.3 Å². The number of aryl methyl sites for hydroxylation is 1. The number of nitrogens with zero attached hydrogens (tertiary/aromatic N) is 2. The monoisotopic (exact) mass is 276 g/mol. The molecule has 0 unspecified atom stereocenters. The highest BCUT2D eigenvalue weighted by molar-refractivity contribution is 5.30. The Morgan fingerprint density at radius 3 is 1.80 bits per heavy atom. The zero-order valence-electron chi connectivity index (χ0n) is 12.5. The molecule has 108 valence electrons. The highest BCUT2D eigenvalue weighted by atomic mass is 16.5. The van der Waals surface area contributed by atoms with E-state index in [9.17, 15) is 0 Å². The summed E-state index contributed by atoms with van der Waals surface area (Å²) in [6.07, 6.45) is 0. The third kappa shape index (κ3) is 4.42. The predicted molar refractivity (Wildman–Crippen MR) is 77.7 cm³/mol. The first kappa shape index (κ1) is 15.8. The van der Waals surface area contributed by atoms with Crippen LogP contribution in [0, 0.1) is 6.92 Å². The molecule has 1 heterocycles. The van der Waals surface area contributed by atoms with Gasteiger partial charge in [0, 0.05) is 0 Å². The molecule has 5 heteroatoms. The molecular formula is C15H20N2O3. The zero-order chi connectivity index (χ0) is 15.0. The van der Waals surface area contributed by atoms with Crippen molar-refractivity contribution < 1.29 is 14.2 Å². The normalized spacial score (nSPS) is 9.25. The van der Waals surface area contributed by atoms with Crippen LogP contribution >= 0.6 is 0 Å². The Morgan fingerprint density at radius 1 is 0.850 bits per heavy atom. The second kappa shape index (κ2) is 7.99. The van der Waals surface area contributed by atoms with Crippen LogP contribution in [0.2, 0.25) is 0 Å². The molecule has 0 saturated carbocycles. The molecule has 2 rings (SSSR count). The van der Waals surface area contributed by atoms with Crippen LogP contribution in [0.15, 0.2) is 30.3 Å². The minimum atomic E-state index is 0.190. The SMILES string of the molecule is CC.COc1cc(OC)nc(Oc2ccc(C)cc2)n1. The van der Waals surface area contributed by atoms with Crippen LogP contribution in [0.25, 0.3) is 0 Å². The van der Waals surface area contributed by atoms with E-state index in [1.807, 2.05) is 45.0 Å². The van der Waals surface area contributed by atoms with Gasteiger partial charge in [0.25, 0.3) is 0 Å². The van der Waals surface area contributed by atoms with Crippen LogP contribution in [0.3, 0.4) is 0 Å². The average Bonchev–Trinajstić information content (AvgIpc) is 2.51. The summed E-state index contributed by atoms with van der Waals surface area (Å²) >= 11 is 0. The fourth-order valence-corrected chi connectivity index (χ4v) is 1.35. The molecule has 0 spiro atoms. The second-order valence-electron chi connectivity index (χ2n) is 3.65. The molecule has 1 aromatic carbocycles. The van der Waals surface area contributed by atoms with E-state index in [0.29, 0.717) is 17.5 Å². The molecule has 0 aliphatic rings. The van der Waals surface area contributed by atoms with Gasteiger partial charge < -0.3 is 14.2 Å². The van der Waals surface area contributed by atoms with Gasteiger partial charge in [-0.1, -0.05) is 31.5 Å². The van der Waals surface area contributed by atoms with E-state index in [0.717, 1.165) is 5.56 Å². The summed E-state index contributed by atoms with van der Waals surface area (Å²) in [5.41, 5.74) is 1.16. The largest absolute Gasteiger partial charge is 0.481 e. The Balaban J connectivity index is 0.000000956. The quantitative estimate of drug-likeness (QED) is 0.853. The summed E-state index contributed by atoms with van der Waals surface area (Å²) in [7, 11) is 3.05. The van der Waals surface area contributed by atoms with E-state index in [-0.39, 0.29) is 6.01 Å². The predicted octanol–water partition coefficient (Wildman–Crippen LogP) is 3.62. The van der Waals surface area contributed by atoms with Gasteiger partial charge in [-0.15, -0.1) is 0 Å².